The Morgan fingerprint density at radius 3 is 2.39 bits per heavy atom. The van der Waals surface area contributed by atoms with Crippen LogP contribution in [0.25, 0.3) is 5.95 Å². The van der Waals surface area contributed by atoms with Gasteiger partial charge in [-0.05, 0) is 53.2 Å². The van der Waals surface area contributed by atoms with E-state index in [4.69, 9.17) is 4.74 Å². The number of rotatable bonds is 7. The fourth-order valence-corrected chi connectivity index (χ4v) is 4.33. The maximum atomic E-state index is 12.8. The largest absolute Gasteiger partial charge is 0.462 e. The predicted octanol–water partition coefficient (Wildman–Crippen LogP) is 3.88. The maximum Gasteiger partial charge on any atom is 0.341 e. The number of carbonyl (C=O) groups is 2. The molecule has 3 aromatic rings. The molecule has 8 nitrogen and oxygen atoms in total. The van der Waals surface area contributed by atoms with Crippen LogP contribution in [0.4, 0.5) is 5.00 Å². The Hall–Kier alpha value is -3.07. The van der Waals surface area contributed by atoms with Crippen molar-refractivity contribution in [2.45, 2.75) is 54.4 Å². The zero-order valence-electron chi connectivity index (χ0n) is 18.7. The van der Waals surface area contributed by atoms with Crippen molar-refractivity contribution < 1.29 is 14.3 Å². The number of anilines is 1. The summed E-state index contributed by atoms with van der Waals surface area (Å²) in [7, 11) is 0. The van der Waals surface area contributed by atoms with Crippen molar-refractivity contribution in [2.24, 2.45) is 0 Å². The van der Waals surface area contributed by atoms with Crippen molar-refractivity contribution in [1.29, 1.82) is 0 Å². The Labute approximate surface area is 185 Å². The first-order valence-corrected chi connectivity index (χ1v) is 11.0. The van der Waals surface area contributed by atoms with E-state index < -0.39 is 5.97 Å². The number of hydrogen-bond donors (Lipinski definition) is 1. The molecule has 1 amide bonds. The zero-order valence-corrected chi connectivity index (χ0v) is 19.5. The third-order valence-electron chi connectivity index (χ3n) is 4.82. The first-order chi connectivity index (χ1) is 14.7. The van der Waals surface area contributed by atoms with Gasteiger partial charge in [-0.2, -0.15) is 5.10 Å². The summed E-state index contributed by atoms with van der Waals surface area (Å²) in [6, 6.07) is 3.68. The number of aromatic nitrogens is 4. The Balaban J connectivity index is 1.84. The molecule has 1 N–H and O–H groups in total. The summed E-state index contributed by atoms with van der Waals surface area (Å²) in [5.41, 5.74) is 4.45. The van der Waals surface area contributed by atoms with E-state index in [0.29, 0.717) is 16.5 Å². The lowest BCUT2D eigenvalue weighted by molar-refractivity contribution is -0.115. The highest BCUT2D eigenvalue weighted by atomic mass is 32.1. The summed E-state index contributed by atoms with van der Waals surface area (Å²) in [5, 5.41) is 7.95. The number of nitrogens with one attached hydrogen (secondary N) is 1. The molecule has 0 fully saturated rings. The van der Waals surface area contributed by atoms with Crippen LogP contribution in [0.5, 0.6) is 0 Å². The maximum absolute atomic E-state index is 12.8. The molecule has 3 heterocycles. The molecule has 0 atom stereocenters. The highest BCUT2D eigenvalue weighted by molar-refractivity contribution is 7.16. The Bertz CT molecular complexity index is 1110. The van der Waals surface area contributed by atoms with Gasteiger partial charge in [-0.3, -0.25) is 4.79 Å². The van der Waals surface area contributed by atoms with E-state index in [1.807, 2.05) is 40.7 Å². The average Bonchev–Trinajstić information content (AvgIpc) is 3.23. The lowest BCUT2D eigenvalue weighted by atomic mass is 10.1. The molecule has 0 aromatic carbocycles. The second kappa shape index (κ2) is 9.38. The minimum Gasteiger partial charge on any atom is -0.462 e. The molecule has 9 heteroatoms. The zero-order chi connectivity index (χ0) is 22.7. The number of amides is 1. The van der Waals surface area contributed by atoms with Gasteiger partial charge >= 0.3 is 5.97 Å². The third kappa shape index (κ3) is 4.99. The van der Waals surface area contributed by atoms with E-state index in [9.17, 15) is 9.59 Å². The highest BCUT2D eigenvalue weighted by Crippen LogP contribution is 2.30. The molecule has 164 valence electrons. The summed E-state index contributed by atoms with van der Waals surface area (Å²) in [6.45, 7) is 11.6. The van der Waals surface area contributed by atoms with Crippen LogP contribution in [0.15, 0.2) is 12.1 Å². The van der Waals surface area contributed by atoms with E-state index in [1.165, 1.54) is 11.3 Å². The van der Waals surface area contributed by atoms with Crippen molar-refractivity contribution >= 4 is 28.2 Å². The van der Waals surface area contributed by atoms with Gasteiger partial charge < -0.3 is 10.1 Å². The highest BCUT2D eigenvalue weighted by Gasteiger charge is 2.21. The summed E-state index contributed by atoms with van der Waals surface area (Å²) in [5.74, 6) is -0.164. The van der Waals surface area contributed by atoms with Gasteiger partial charge in [0.05, 0.1) is 24.3 Å². The molecule has 0 saturated carbocycles. The summed E-state index contributed by atoms with van der Waals surface area (Å²) in [4.78, 5) is 35.0. The van der Waals surface area contributed by atoms with Gasteiger partial charge in [0.25, 0.3) is 5.95 Å². The quantitative estimate of drug-likeness (QED) is 0.559. The van der Waals surface area contributed by atoms with Crippen LogP contribution < -0.4 is 5.32 Å². The molecule has 0 bridgehead atoms. The molecule has 0 aliphatic carbocycles. The van der Waals surface area contributed by atoms with Crippen molar-refractivity contribution in [3.8, 4) is 5.95 Å². The monoisotopic (exact) mass is 441 g/mol. The molecule has 31 heavy (non-hydrogen) atoms. The molecule has 3 aromatic heterocycles. The van der Waals surface area contributed by atoms with Crippen molar-refractivity contribution in [2.75, 3.05) is 11.9 Å². The van der Waals surface area contributed by atoms with Gasteiger partial charge in [0.1, 0.15) is 5.00 Å². The van der Waals surface area contributed by atoms with Gasteiger partial charge in [-0.25, -0.2) is 19.4 Å². The molecule has 0 spiro atoms. The van der Waals surface area contributed by atoms with Gasteiger partial charge in [0, 0.05) is 27.5 Å². The standard InChI is InChI=1S/C22H27N5O3S/c1-7-16-10-18(21(29)30-8-2)20(31-16)25-19(28)11-17-14(5)26-27(15(17)6)22-23-12(3)9-13(4)24-22/h9-10H,7-8,11H2,1-6H3,(H,25,28). The average molecular weight is 442 g/mol. The van der Waals surface area contributed by atoms with E-state index in [-0.39, 0.29) is 18.9 Å². The molecule has 0 saturated heterocycles. The van der Waals surface area contributed by atoms with Crippen LogP contribution in [-0.4, -0.2) is 38.2 Å². The summed E-state index contributed by atoms with van der Waals surface area (Å²) >= 11 is 1.39. The topological polar surface area (TPSA) is 99.0 Å². The lowest BCUT2D eigenvalue weighted by Gasteiger charge is -2.07. The SMILES string of the molecule is CCOC(=O)c1cc(CC)sc1NC(=O)Cc1c(C)nn(-c2nc(C)cc(C)n2)c1C. The number of thiophene rings is 1. The molecule has 0 radical (unpaired) electrons. The summed E-state index contributed by atoms with van der Waals surface area (Å²) in [6.07, 6.45) is 0.901. The van der Waals surface area contributed by atoms with Gasteiger partial charge in [-0.1, -0.05) is 6.92 Å². The van der Waals surface area contributed by atoms with Gasteiger partial charge in [0.2, 0.25) is 5.91 Å². The molecule has 0 unspecified atom stereocenters. The second-order valence-electron chi connectivity index (χ2n) is 7.27. The number of hydrogen-bond acceptors (Lipinski definition) is 7. The first-order valence-electron chi connectivity index (χ1n) is 10.2. The second-order valence-corrected chi connectivity index (χ2v) is 8.40. The van der Waals surface area contributed by atoms with Gasteiger partial charge in [0.15, 0.2) is 0 Å². The minimum atomic E-state index is -0.430. The number of aryl methyl sites for hydroxylation is 4. The van der Waals surface area contributed by atoms with E-state index in [0.717, 1.165) is 39.6 Å². The first kappa shape index (κ1) is 22.6. The molecule has 0 aliphatic rings. The Morgan fingerprint density at radius 2 is 1.77 bits per heavy atom. The molecular weight excluding hydrogens is 414 g/mol. The smallest absolute Gasteiger partial charge is 0.341 e. The molecular formula is C22H27N5O3S. The third-order valence-corrected chi connectivity index (χ3v) is 6.01. The number of carbonyl (C=O) groups excluding carboxylic acids is 2. The minimum absolute atomic E-state index is 0.129. The molecule has 3 rings (SSSR count). The Morgan fingerprint density at radius 1 is 1.10 bits per heavy atom. The van der Waals surface area contributed by atoms with Crippen LogP contribution >= 0.6 is 11.3 Å². The predicted molar refractivity (Wildman–Crippen MR) is 120 cm³/mol. The van der Waals surface area contributed by atoms with E-state index >= 15 is 0 Å². The van der Waals surface area contributed by atoms with Crippen LogP contribution in [0.2, 0.25) is 0 Å². The van der Waals surface area contributed by atoms with Gasteiger partial charge in [-0.15, -0.1) is 11.3 Å². The van der Waals surface area contributed by atoms with Crippen LogP contribution in [0.3, 0.4) is 0 Å². The van der Waals surface area contributed by atoms with E-state index in [2.05, 4.69) is 20.4 Å². The number of esters is 1. The summed E-state index contributed by atoms with van der Waals surface area (Å²) < 4.78 is 6.79. The lowest BCUT2D eigenvalue weighted by Crippen LogP contribution is -2.17. The Kier molecular flexibility index (Phi) is 6.84. The van der Waals surface area contributed by atoms with Crippen LogP contribution in [-0.2, 0) is 22.4 Å². The van der Waals surface area contributed by atoms with Crippen molar-refractivity contribution in [3.63, 3.8) is 0 Å². The molecule has 0 aliphatic heterocycles. The van der Waals surface area contributed by atoms with Crippen LogP contribution in [0, 0.1) is 27.7 Å². The van der Waals surface area contributed by atoms with Crippen molar-refractivity contribution in [1.82, 2.24) is 19.7 Å². The fourth-order valence-electron chi connectivity index (χ4n) is 3.33. The fraction of sp³-hybridized carbons (Fsp3) is 0.409. The van der Waals surface area contributed by atoms with Crippen molar-refractivity contribution in [3.05, 3.63) is 50.9 Å². The van der Waals surface area contributed by atoms with Crippen LogP contribution in [0.1, 0.15) is 57.4 Å². The normalized spacial score (nSPS) is 10.9. The van der Waals surface area contributed by atoms with E-state index in [1.54, 1.807) is 17.7 Å². The number of ether oxygens (including phenoxy) is 1. The number of nitrogens with zero attached hydrogens (tertiary/aromatic N) is 4.